The molecule has 1 aliphatic heterocycles. The van der Waals surface area contributed by atoms with Crippen molar-refractivity contribution < 1.29 is 4.79 Å². The number of anilines is 1. The Morgan fingerprint density at radius 3 is 2.50 bits per heavy atom. The van der Waals surface area contributed by atoms with Crippen molar-refractivity contribution in [2.24, 2.45) is 0 Å². The van der Waals surface area contributed by atoms with Crippen molar-refractivity contribution in [3.63, 3.8) is 0 Å². The van der Waals surface area contributed by atoms with E-state index in [2.05, 4.69) is 34.7 Å². The number of ketones is 1. The van der Waals surface area contributed by atoms with Crippen molar-refractivity contribution in [2.45, 2.75) is 20.3 Å². The Kier molecular flexibility index (Phi) is 5.26. The number of hydrogen-bond donors (Lipinski definition) is 0. The topological polar surface area (TPSA) is 36.4 Å². The Bertz CT molecular complexity index is 691. The average molecular weight is 323 g/mol. The normalized spacial score (nSPS) is 15.5. The van der Waals surface area contributed by atoms with Crippen LogP contribution in [0.1, 0.15) is 27.9 Å². The molecule has 1 fully saturated rings. The maximum atomic E-state index is 12.4. The summed E-state index contributed by atoms with van der Waals surface area (Å²) in [6, 6.07) is 12.0. The lowest BCUT2D eigenvalue weighted by molar-refractivity contribution is 0.0962. The van der Waals surface area contributed by atoms with E-state index in [1.165, 1.54) is 11.1 Å². The van der Waals surface area contributed by atoms with E-state index in [0.29, 0.717) is 6.42 Å². The van der Waals surface area contributed by atoms with E-state index in [-0.39, 0.29) is 5.78 Å². The summed E-state index contributed by atoms with van der Waals surface area (Å²) in [5.41, 5.74) is 3.26. The summed E-state index contributed by atoms with van der Waals surface area (Å²) in [6.07, 6.45) is 2.43. The number of nitrogens with zero attached hydrogens (tertiary/aromatic N) is 3. The third-order valence-corrected chi connectivity index (χ3v) is 4.83. The number of aromatic nitrogens is 1. The van der Waals surface area contributed by atoms with Crippen LogP contribution in [-0.2, 0) is 0 Å². The molecule has 2 heterocycles. The Balaban J connectivity index is 1.48. The van der Waals surface area contributed by atoms with E-state index >= 15 is 0 Å². The summed E-state index contributed by atoms with van der Waals surface area (Å²) in [5, 5.41) is 0. The zero-order valence-electron chi connectivity index (χ0n) is 14.5. The number of carbonyl (C=O) groups is 1. The third-order valence-electron chi connectivity index (χ3n) is 4.83. The molecule has 1 saturated heterocycles. The van der Waals surface area contributed by atoms with Gasteiger partial charge in [-0.3, -0.25) is 9.69 Å². The molecule has 0 amide bonds. The lowest BCUT2D eigenvalue weighted by atomic mass is 10.0. The monoisotopic (exact) mass is 323 g/mol. The minimum absolute atomic E-state index is 0.241. The lowest BCUT2D eigenvalue weighted by Crippen LogP contribution is -2.47. The van der Waals surface area contributed by atoms with Crippen molar-refractivity contribution >= 4 is 11.6 Å². The van der Waals surface area contributed by atoms with Crippen LogP contribution in [0.15, 0.2) is 42.6 Å². The number of aryl methyl sites for hydroxylation is 2. The van der Waals surface area contributed by atoms with Gasteiger partial charge in [0.15, 0.2) is 5.78 Å². The molecule has 0 unspecified atom stereocenters. The number of benzene rings is 1. The van der Waals surface area contributed by atoms with Gasteiger partial charge in [-0.05, 0) is 43.2 Å². The summed E-state index contributed by atoms with van der Waals surface area (Å²) in [4.78, 5) is 21.5. The highest BCUT2D eigenvalue weighted by Gasteiger charge is 2.18. The van der Waals surface area contributed by atoms with Gasteiger partial charge in [0.2, 0.25) is 0 Å². The largest absolute Gasteiger partial charge is 0.354 e. The zero-order chi connectivity index (χ0) is 16.9. The van der Waals surface area contributed by atoms with Gasteiger partial charge in [0.25, 0.3) is 0 Å². The van der Waals surface area contributed by atoms with Gasteiger partial charge in [-0.15, -0.1) is 0 Å². The van der Waals surface area contributed by atoms with E-state index in [0.717, 1.165) is 44.1 Å². The summed E-state index contributed by atoms with van der Waals surface area (Å²) >= 11 is 0. The Hall–Kier alpha value is -2.20. The van der Waals surface area contributed by atoms with Crippen LogP contribution in [0.2, 0.25) is 0 Å². The molecule has 4 heteroatoms. The zero-order valence-corrected chi connectivity index (χ0v) is 14.5. The van der Waals surface area contributed by atoms with E-state index in [4.69, 9.17) is 0 Å². The van der Waals surface area contributed by atoms with Gasteiger partial charge in [-0.2, -0.15) is 0 Å². The maximum Gasteiger partial charge on any atom is 0.164 e. The molecule has 126 valence electrons. The maximum absolute atomic E-state index is 12.4. The van der Waals surface area contributed by atoms with Crippen molar-refractivity contribution in [3.05, 3.63) is 59.3 Å². The molecule has 0 atom stereocenters. The summed E-state index contributed by atoms with van der Waals surface area (Å²) in [5.74, 6) is 1.29. The molecule has 1 aromatic carbocycles. The molecule has 2 aromatic rings. The fraction of sp³-hybridized carbons (Fsp3) is 0.400. The van der Waals surface area contributed by atoms with E-state index in [1.54, 1.807) is 0 Å². The Morgan fingerprint density at radius 1 is 1.04 bits per heavy atom. The molecule has 0 aliphatic carbocycles. The molecule has 0 saturated carbocycles. The second kappa shape index (κ2) is 7.58. The number of Topliss-reactive ketones (excluding diaryl/α,β-unsaturated/α-hetero) is 1. The molecule has 0 radical (unpaired) electrons. The number of carbonyl (C=O) groups excluding carboxylic acids is 1. The highest BCUT2D eigenvalue weighted by Crippen LogP contribution is 2.14. The van der Waals surface area contributed by atoms with Crippen molar-refractivity contribution in [1.29, 1.82) is 0 Å². The molecule has 24 heavy (non-hydrogen) atoms. The van der Waals surface area contributed by atoms with E-state index in [1.807, 2.05) is 36.5 Å². The molecule has 0 spiro atoms. The number of piperazine rings is 1. The average Bonchev–Trinajstić information content (AvgIpc) is 2.63. The quantitative estimate of drug-likeness (QED) is 0.792. The summed E-state index contributed by atoms with van der Waals surface area (Å²) in [7, 11) is 0. The van der Waals surface area contributed by atoms with Crippen LogP contribution in [0.25, 0.3) is 0 Å². The van der Waals surface area contributed by atoms with Crippen LogP contribution < -0.4 is 4.90 Å². The van der Waals surface area contributed by atoms with Gasteiger partial charge < -0.3 is 4.90 Å². The van der Waals surface area contributed by atoms with Crippen molar-refractivity contribution in [1.82, 2.24) is 9.88 Å². The second-order valence-electron chi connectivity index (χ2n) is 6.49. The van der Waals surface area contributed by atoms with Crippen LogP contribution in [-0.4, -0.2) is 48.4 Å². The predicted molar refractivity (Wildman–Crippen MR) is 97.8 cm³/mol. The first-order chi connectivity index (χ1) is 11.6. The van der Waals surface area contributed by atoms with Gasteiger partial charge >= 0.3 is 0 Å². The van der Waals surface area contributed by atoms with Crippen molar-refractivity contribution in [3.8, 4) is 0 Å². The minimum Gasteiger partial charge on any atom is -0.354 e. The van der Waals surface area contributed by atoms with Crippen LogP contribution in [0.4, 0.5) is 5.82 Å². The SMILES string of the molecule is Cc1ccc(C(=O)CCN2CCN(c3ccccn3)CC2)cc1C. The highest BCUT2D eigenvalue weighted by atomic mass is 16.1. The van der Waals surface area contributed by atoms with Crippen LogP contribution in [0.3, 0.4) is 0 Å². The first-order valence-corrected chi connectivity index (χ1v) is 8.62. The van der Waals surface area contributed by atoms with Crippen LogP contribution >= 0.6 is 0 Å². The number of hydrogen-bond acceptors (Lipinski definition) is 4. The summed E-state index contributed by atoms with van der Waals surface area (Å²) in [6.45, 7) is 8.87. The number of pyridine rings is 1. The fourth-order valence-electron chi connectivity index (χ4n) is 3.06. The smallest absolute Gasteiger partial charge is 0.164 e. The van der Waals surface area contributed by atoms with Gasteiger partial charge in [-0.1, -0.05) is 18.2 Å². The molecule has 1 aromatic heterocycles. The highest BCUT2D eigenvalue weighted by molar-refractivity contribution is 5.96. The lowest BCUT2D eigenvalue weighted by Gasteiger charge is -2.35. The Labute approximate surface area is 144 Å². The summed E-state index contributed by atoms with van der Waals surface area (Å²) < 4.78 is 0. The van der Waals surface area contributed by atoms with Gasteiger partial charge in [0.05, 0.1) is 0 Å². The van der Waals surface area contributed by atoms with Gasteiger partial charge in [0.1, 0.15) is 5.82 Å². The first kappa shape index (κ1) is 16.7. The second-order valence-corrected chi connectivity index (χ2v) is 6.49. The fourth-order valence-corrected chi connectivity index (χ4v) is 3.06. The van der Waals surface area contributed by atoms with Crippen LogP contribution in [0, 0.1) is 13.8 Å². The molecule has 0 N–H and O–H groups in total. The predicted octanol–water partition coefficient (Wildman–Crippen LogP) is 3.09. The molecular formula is C20H25N3O. The molecule has 4 nitrogen and oxygen atoms in total. The van der Waals surface area contributed by atoms with E-state index < -0.39 is 0 Å². The van der Waals surface area contributed by atoms with Crippen molar-refractivity contribution in [2.75, 3.05) is 37.6 Å². The first-order valence-electron chi connectivity index (χ1n) is 8.62. The number of rotatable bonds is 5. The van der Waals surface area contributed by atoms with Gasteiger partial charge in [0, 0.05) is 50.9 Å². The third kappa shape index (κ3) is 4.01. The molecular weight excluding hydrogens is 298 g/mol. The standard InChI is InChI=1S/C20H25N3O/c1-16-6-7-18(15-17(16)2)19(24)8-10-22-11-13-23(14-12-22)20-5-3-4-9-21-20/h3-7,9,15H,8,10-14H2,1-2H3. The van der Waals surface area contributed by atoms with E-state index in [9.17, 15) is 4.79 Å². The minimum atomic E-state index is 0.241. The molecule has 1 aliphatic rings. The molecule has 3 rings (SSSR count). The van der Waals surface area contributed by atoms with Gasteiger partial charge in [-0.25, -0.2) is 4.98 Å². The van der Waals surface area contributed by atoms with Crippen LogP contribution in [0.5, 0.6) is 0 Å². The molecule has 0 bridgehead atoms. The Morgan fingerprint density at radius 2 is 1.83 bits per heavy atom.